The number of aromatic amines is 1. The van der Waals surface area contributed by atoms with E-state index in [2.05, 4.69) is 153 Å². The maximum absolute atomic E-state index is 3.64. The zero-order chi connectivity index (χ0) is 26.9. The number of hydrogen-bond donors (Lipinski definition) is 2. The zero-order valence-corrected chi connectivity index (χ0v) is 22.3. The molecule has 2 N–H and O–H groups in total. The number of benzene rings is 6. The van der Waals surface area contributed by atoms with E-state index in [4.69, 9.17) is 0 Å². The lowest BCUT2D eigenvalue weighted by atomic mass is 10.00. The molecule has 0 atom stereocenters. The van der Waals surface area contributed by atoms with Gasteiger partial charge in [-0.2, -0.15) is 0 Å². The van der Waals surface area contributed by atoms with Gasteiger partial charge in [0.1, 0.15) is 0 Å². The first kappa shape index (κ1) is 22.5. The fourth-order valence-corrected chi connectivity index (χ4v) is 6.65. The van der Waals surface area contributed by atoms with Crippen molar-refractivity contribution in [3.63, 3.8) is 0 Å². The van der Waals surface area contributed by atoms with Crippen LogP contribution in [0.1, 0.15) is 5.56 Å². The first-order valence-electron chi connectivity index (χ1n) is 14.1. The molecular weight excluding hydrogens is 500 g/mol. The Hall–Kier alpha value is -5.32. The Morgan fingerprint density at radius 1 is 0.512 bits per heavy atom. The first-order chi connectivity index (χ1) is 20.3. The molecule has 0 saturated carbocycles. The molecule has 41 heavy (non-hydrogen) atoms. The molecule has 4 heteroatoms. The fourth-order valence-electron chi connectivity index (χ4n) is 6.65. The van der Waals surface area contributed by atoms with Crippen molar-refractivity contribution in [2.24, 2.45) is 0 Å². The number of hydrazine groups is 1. The van der Waals surface area contributed by atoms with Crippen molar-refractivity contribution in [2.45, 2.75) is 6.54 Å². The number of fused-ring (bicyclic) bond motifs is 8. The van der Waals surface area contributed by atoms with Crippen LogP contribution in [0.15, 0.2) is 133 Å². The maximum atomic E-state index is 3.64. The molecule has 0 aliphatic carbocycles. The van der Waals surface area contributed by atoms with Crippen molar-refractivity contribution in [3.8, 4) is 16.8 Å². The van der Waals surface area contributed by atoms with Crippen LogP contribution >= 0.6 is 0 Å². The van der Waals surface area contributed by atoms with E-state index in [1.165, 1.54) is 71.7 Å². The predicted octanol–water partition coefficient (Wildman–Crippen LogP) is 9.24. The molecule has 0 unspecified atom stereocenters. The number of aromatic nitrogens is 2. The molecule has 4 nitrogen and oxygen atoms in total. The third-order valence-electron chi connectivity index (χ3n) is 8.53. The van der Waals surface area contributed by atoms with E-state index in [0.29, 0.717) is 0 Å². The molecule has 194 valence electrons. The van der Waals surface area contributed by atoms with Crippen molar-refractivity contribution >= 4 is 55.0 Å². The molecule has 0 bridgehead atoms. The predicted molar refractivity (Wildman–Crippen MR) is 171 cm³/mol. The summed E-state index contributed by atoms with van der Waals surface area (Å²) in [5.41, 5.74) is 15.7. The Kier molecular flexibility index (Phi) is 4.71. The van der Waals surface area contributed by atoms with Crippen LogP contribution in [0.4, 0.5) is 11.4 Å². The van der Waals surface area contributed by atoms with E-state index in [9.17, 15) is 0 Å². The quantitative estimate of drug-likeness (QED) is 0.241. The molecule has 0 saturated heterocycles. The van der Waals surface area contributed by atoms with Crippen LogP contribution in [0.5, 0.6) is 0 Å². The number of nitrogens with one attached hydrogen (secondary N) is 2. The van der Waals surface area contributed by atoms with Crippen LogP contribution in [0, 0.1) is 0 Å². The van der Waals surface area contributed by atoms with Gasteiger partial charge < -0.3 is 9.55 Å². The van der Waals surface area contributed by atoms with Crippen molar-refractivity contribution < 1.29 is 0 Å². The van der Waals surface area contributed by atoms with Gasteiger partial charge in [-0.1, -0.05) is 72.8 Å². The maximum Gasteiger partial charge on any atom is 0.0645 e. The highest BCUT2D eigenvalue weighted by Gasteiger charge is 2.26. The van der Waals surface area contributed by atoms with Gasteiger partial charge in [-0.05, 0) is 71.8 Å². The molecule has 1 aliphatic rings. The van der Waals surface area contributed by atoms with Crippen LogP contribution < -0.4 is 10.4 Å². The molecule has 6 aromatic carbocycles. The van der Waals surface area contributed by atoms with E-state index in [1.807, 2.05) is 0 Å². The number of rotatable bonds is 3. The highest BCUT2D eigenvalue weighted by atomic mass is 15.5. The van der Waals surface area contributed by atoms with Crippen LogP contribution in [0.3, 0.4) is 0 Å². The van der Waals surface area contributed by atoms with Crippen LogP contribution in [0.2, 0.25) is 0 Å². The minimum atomic E-state index is 0.773. The topological polar surface area (TPSA) is 36.0 Å². The normalized spacial score (nSPS) is 13.1. The molecule has 0 fully saturated rings. The lowest BCUT2D eigenvalue weighted by molar-refractivity contribution is 0.766. The molecule has 1 aliphatic heterocycles. The van der Waals surface area contributed by atoms with Crippen molar-refractivity contribution in [1.82, 2.24) is 15.0 Å². The zero-order valence-electron chi connectivity index (χ0n) is 22.3. The SMILES string of the molecule is c1ccc(N2NCc3c2ccc2c4cc(-c5ccc6[nH]c7ccccc7c6c5)ccc4n(-c4ccccc4)c32)cc1. The van der Waals surface area contributed by atoms with Gasteiger partial charge in [0.05, 0.1) is 22.4 Å². The van der Waals surface area contributed by atoms with Gasteiger partial charge in [-0.15, -0.1) is 0 Å². The van der Waals surface area contributed by atoms with Gasteiger partial charge in [-0.25, -0.2) is 5.43 Å². The van der Waals surface area contributed by atoms with Gasteiger partial charge in [0.2, 0.25) is 0 Å². The van der Waals surface area contributed by atoms with E-state index in [-0.39, 0.29) is 0 Å². The van der Waals surface area contributed by atoms with Gasteiger partial charge in [0.15, 0.2) is 0 Å². The second-order valence-electron chi connectivity index (χ2n) is 10.8. The highest BCUT2D eigenvalue weighted by Crippen LogP contribution is 2.43. The van der Waals surface area contributed by atoms with Gasteiger partial charge in [0, 0.05) is 50.4 Å². The van der Waals surface area contributed by atoms with Crippen LogP contribution in [-0.2, 0) is 6.54 Å². The van der Waals surface area contributed by atoms with Gasteiger partial charge in [-0.3, -0.25) is 5.01 Å². The smallest absolute Gasteiger partial charge is 0.0645 e. The van der Waals surface area contributed by atoms with Crippen molar-refractivity contribution in [3.05, 3.63) is 139 Å². The van der Waals surface area contributed by atoms with E-state index in [0.717, 1.165) is 12.2 Å². The summed E-state index contributed by atoms with van der Waals surface area (Å²) in [7, 11) is 0. The standard InChI is InChI=1S/C37H26N4/c1-3-9-26(10-4-1)40-35-19-16-25(24-15-18-34-30(21-24)28-13-7-8-14-33(28)39-34)22-31(35)29-17-20-36-32(37(29)40)23-38-41(36)27-11-5-2-6-12-27/h1-22,38-39H,23H2. The van der Waals surface area contributed by atoms with E-state index in [1.54, 1.807) is 0 Å². The number of nitrogens with zero attached hydrogens (tertiary/aromatic N) is 2. The Morgan fingerprint density at radius 3 is 2.02 bits per heavy atom. The summed E-state index contributed by atoms with van der Waals surface area (Å²) in [6.45, 7) is 0.773. The minimum absolute atomic E-state index is 0.773. The number of hydrogen-bond acceptors (Lipinski definition) is 2. The van der Waals surface area contributed by atoms with Crippen molar-refractivity contribution in [1.29, 1.82) is 0 Å². The Bertz CT molecular complexity index is 2260. The molecule has 9 rings (SSSR count). The molecule has 0 radical (unpaired) electrons. The molecule has 0 spiro atoms. The minimum Gasteiger partial charge on any atom is -0.355 e. The Balaban J connectivity index is 1.29. The van der Waals surface area contributed by atoms with Crippen LogP contribution in [0.25, 0.3) is 60.4 Å². The Morgan fingerprint density at radius 2 is 1.20 bits per heavy atom. The first-order valence-corrected chi connectivity index (χ1v) is 14.1. The Labute approximate surface area is 237 Å². The van der Waals surface area contributed by atoms with Gasteiger partial charge in [0.25, 0.3) is 0 Å². The summed E-state index contributed by atoms with van der Waals surface area (Å²) in [6, 6.07) is 48.1. The largest absolute Gasteiger partial charge is 0.355 e. The summed E-state index contributed by atoms with van der Waals surface area (Å²) >= 11 is 0. The molecule has 2 aromatic heterocycles. The summed E-state index contributed by atoms with van der Waals surface area (Å²) in [5, 5.41) is 7.27. The van der Waals surface area contributed by atoms with Crippen LogP contribution in [-0.4, -0.2) is 9.55 Å². The summed E-state index contributed by atoms with van der Waals surface area (Å²) in [5.74, 6) is 0. The van der Waals surface area contributed by atoms with Crippen molar-refractivity contribution in [2.75, 3.05) is 5.01 Å². The van der Waals surface area contributed by atoms with E-state index >= 15 is 0 Å². The molecule has 3 heterocycles. The number of para-hydroxylation sites is 3. The van der Waals surface area contributed by atoms with E-state index < -0.39 is 0 Å². The monoisotopic (exact) mass is 526 g/mol. The number of H-pyrrole nitrogens is 1. The summed E-state index contributed by atoms with van der Waals surface area (Å²) < 4.78 is 2.44. The second kappa shape index (κ2) is 8.59. The third-order valence-corrected chi connectivity index (χ3v) is 8.53. The summed E-state index contributed by atoms with van der Waals surface area (Å²) in [4.78, 5) is 3.56. The highest BCUT2D eigenvalue weighted by molar-refractivity contribution is 6.13. The lowest BCUT2D eigenvalue weighted by Gasteiger charge is -2.19. The number of anilines is 2. The average molecular weight is 527 g/mol. The third kappa shape index (κ3) is 3.32. The molecule has 0 amide bonds. The van der Waals surface area contributed by atoms with Gasteiger partial charge >= 0.3 is 0 Å². The lowest BCUT2D eigenvalue weighted by Crippen LogP contribution is -2.26. The molecular formula is C37H26N4. The summed E-state index contributed by atoms with van der Waals surface area (Å²) in [6.07, 6.45) is 0. The average Bonchev–Trinajstić information content (AvgIpc) is 3.73. The fraction of sp³-hybridized carbons (Fsp3) is 0.0270. The molecule has 8 aromatic rings. The second-order valence-corrected chi connectivity index (χ2v) is 10.8.